The summed E-state index contributed by atoms with van der Waals surface area (Å²) in [6, 6.07) is -5.52. The van der Waals surface area contributed by atoms with Crippen molar-refractivity contribution in [2.24, 2.45) is 11.5 Å². The SMILES string of the molecule is NC(=O)CCC(N)C(=O)NC(CO)C(=O)NC(CC(=O)O)C(=O)N1CCCC1C(=O)O. The number of aliphatic hydroxyl groups is 1. The average molecular weight is 445 g/mol. The molecule has 14 heteroatoms. The molecule has 31 heavy (non-hydrogen) atoms. The zero-order chi connectivity index (χ0) is 23.7. The number of carbonyl (C=O) groups excluding carboxylic acids is 4. The third-order valence-electron chi connectivity index (χ3n) is 4.67. The van der Waals surface area contributed by atoms with Crippen molar-refractivity contribution in [2.75, 3.05) is 13.2 Å². The fourth-order valence-corrected chi connectivity index (χ4v) is 3.04. The Hall–Kier alpha value is -3.26. The second-order valence-corrected chi connectivity index (χ2v) is 7.04. The summed E-state index contributed by atoms with van der Waals surface area (Å²) in [5.74, 6) is -6.21. The van der Waals surface area contributed by atoms with E-state index in [0.29, 0.717) is 6.42 Å². The van der Waals surface area contributed by atoms with Crippen molar-refractivity contribution in [2.45, 2.75) is 56.3 Å². The number of carboxylic acid groups (broad SMARTS) is 2. The van der Waals surface area contributed by atoms with Crippen molar-refractivity contribution < 1.29 is 44.1 Å². The van der Waals surface area contributed by atoms with E-state index in [1.807, 2.05) is 0 Å². The van der Waals surface area contributed by atoms with Gasteiger partial charge < -0.3 is 42.3 Å². The van der Waals surface area contributed by atoms with Gasteiger partial charge in [0.2, 0.25) is 23.6 Å². The Morgan fingerprint density at radius 2 is 1.65 bits per heavy atom. The van der Waals surface area contributed by atoms with Crippen LogP contribution in [0.2, 0.25) is 0 Å². The minimum atomic E-state index is -1.61. The quantitative estimate of drug-likeness (QED) is 0.154. The summed E-state index contributed by atoms with van der Waals surface area (Å²) in [4.78, 5) is 71.4. The van der Waals surface area contributed by atoms with Crippen LogP contribution in [0, 0.1) is 0 Å². The van der Waals surface area contributed by atoms with Gasteiger partial charge in [-0.25, -0.2) is 4.79 Å². The van der Waals surface area contributed by atoms with Gasteiger partial charge in [0.05, 0.1) is 19.1 Å². The standard InChI is InChI=1S/C17H27N5O9/c18-8(3-4-12(19)24)14(27)21-10(7-23)15(28)20-9(6-13(25)26)16(29)22-5-1-2-11(22)17(30)31/h8-11,23H,1-7,18H2,(H2,19,24)(H,20,28)(H,21,27)(H,25,26)(H,30,31). The highest BCUT2D eigenvalue weighted by molar-refractivity contribution is 5.96. The molecular weight excluding hydrogens is 418 g/mol. The van der Waals surface area contributed by atoms with Gasteiger partial charge >= 0.3 is 11.9 Å². The lowest BCUT2D eigenvalue weighted by molar-refractivity contribution is -0.150. The maximum Gasteiger partial charge on any atom is 0.326 e. The average Bonchev–Trinajstić information content (AvgIpc) is 3.18. The van der Waals surface area contributed by atoms with E-state index >= 15 is 0 Å². The van der Waals surface area contributed by atoms with Crippen LogP contribution in [-0.4, -0.2) is 93.1 Å². The van der Waals surface area contributed by atoms with Gasteiger partial charge in [0.15, 0.2) is 0 Å². The second-order valence-electron chi connectivity index (χ2n) is 7.04. The molecule has 0 spiro atoms. The summed E-state index contributed by atoms with van der Waals surface area (Å²) < 4.78 is 0. The van der Waals surface area contributed by atoms with E-state index in [1.165, 1.54) is 0 Å². The predicted molar refractivity (Wildman–Crippen MR) is 102 cm³/mol. The van der Waals surface area contributed by atoms with E-state index < -0.39 is 72.8 Å². The number of primary amides is 1. The highest BCUT2D eigenvalue weighted by Gasteiger charge is 2.39. The highest BCUT2D eigenvalue weighted by Crippen LogP contribution is 2.19. The molecular formula is C17H27N5O9. The van der Waals surface area contributed by atoms with Gasteiger partial charge in [0.1, 0.15) is 18.1 Å². The Kier molecular flexibility index (Phi) is 9.82. The number of nitrogens with zero attached hydrogens (tertiary/aromatic N) is 1. The molecule has 1 aliphatic heterocycles. The van der Waals surface area contributed by atoms with Crippen LogP contribution >= 0.6 is 0 Å². The summed E-state index contributed by atoms with van der Waals surface area (Å²) in [7, 11) is 0. The van der Waals surface area contributed by atoms with Gasteiger partial charge in [0.25, 0.3) is 0 Å². The number of aliphatic hydroxyl groups excluding tert-OH is 1. The number of likely N-dealkylation sites (tertiary alicyclic amines) is 1. The van der Waals surface area contributed by atoms with Gasteiger partial charge in [0, 0.05) is 13.0 Å². The monoisotopic (exact) mass is 445 g/mol. The molecule has 0 aromatic carbocycles. The van der Waals surface area contributed by atoms with Crippen molar-refractivity contribution in [3.8, 4) is 0 Å². The summed E-state index contributed by atoms with van der Waals surface area (Å²) in [6.07, 6.45) is -0.535. The molecule has 1 fully saturated rings. The zero-order valence-electron chi connectivity index (χ0n) is 16.7. The molecule has 4 atom stereocenters. The number of rotatable bonds is 12. The van der Waals surface area contributed by atoms with E-state index in [0.717, 1.165) is 4.90 Å². The lowest BCUT2D eigenvalue weighted by atomic mass is 10.1. The number of hydrogen-bond acceptors (Lipinski definition) is 8. The van der Waals surface area contributed by atoms with Gasteiger partial charge in [-0.15, -0.1) is 0 Å². The molecule has 4 amide bonds. The molecule has 14 nitrogen and oxygen atoms in total. The van der Waals surface area contributed by atoms with E-state index in [4.69, 9.17) is 16.6 Å². The minimum absolute atomic E-state index is 0.0800. The second kappa shape index (κ2) is 11.8. The number of amides is 4. The fraction of sp³-hybridized carbons (Fsp3) is 0.647. The number of hydrogen-bond donors (Lipinski definition) is 7. The minimum Gasteiger partial charge on any atom is -0.481 e. The molecule has 0 radical (unpaired) electrons. The molecule has 0 saturated carbocycles. The third kappa shape index (κ3) is 7.82. The molecule has 9 N–H and O–H groups in total. The van der Waals surface area contributed by atoms with Crippen LogP contribution in [0.15, 0.2) is 0 Å². The zero-order valence-corrected chi connectivity index (χ0v) is 16.7. The van der Waals surface area contributed by atoms with Crippen molar-refractivity contribution in [1.82, 2.24) is 15.5 Å². The van der Waals surface area contributed by atoms with E-state index in [9.17, 15) is 39.0 Å². The van der Waals surface area contributed by atoms with Gasteiger partial charge in [-0.1, -0.05) is 0 Å². The van der Waals surface area contributed by atoms with Crippen LogP contribution in [0.25, 0.3) is 0 Å². The van der Waals surface area contributed by atoms with Crippen LogP contribution in [0.3, 0.4) is 0 Å². The number of nitrogens with one attached hydrogen (secondary N) is 2. The smallest absolute Gasteiger partial charge is 0.326 e. The molecule has 1 saturated heterocycles. The van der Waals surface area contributed by atoms with Crippen molar-refractivity contribution in [3.63, 3.8) is 0 Å². The molecule has 0 aromatic heterocycles. The third-order valence-corrected chi connectivity index (χ3v) is 4.67. The van der Waals surface area contributed by atoms with Crippen molar-refractivity contribution in [1.29, 1.82) is 0 Å². The first-order chi connectivity index (χ1) is 14.5. The number of aliphatic carboxylic acids is 2. The van der Waals surface area contributed by atoms with Crippen molar-refractivity contribution >= 4 is 35.6 Å². The van der Waals surface area contributed by atoms with E-state index in [1.54, 1.807) is 0 Å². The lowest BCUT2D eigenvalue weighted by Crippen LogP contribution is -2.58. The van der Waals surface area contributed by atoms with Gasteiger partial charge in [-0.2, -0.15) is 0 Å². The van der Waals surface area contributed by atoms with Crippen LogP contribution in [0.5, 0.6) is 0 Å². The summed E-state index contributed by atoms with van der Waals surface area (Å²) in [6.45, 7) is -0.813. The first-order valence-electron chi connectivity index (χ1n) is 9.48. The Morgan fingerprint density at radius 1 is 1.03 bits per heavy atom. The topological polar surface area (TPSA) is 242 Å². The molecule has 0 aliphatic carbocycles. The van der Waals surface area contributed by atoms with Crippen LogP contribution in [0.1, 0.15) is 32.1 Å². The maximum atomic E-state index is 12.7. The van der Waals surface area contributed by atoms with E-state index in [-0.39, 0.29) is 25.8 Å². The maximum absolute atomic E-state index is 12.7. The van der Waals surface area contributed by atoms with Crippen LogP contribution < -0.4 is 22.1 Å². The normalized spacial score (nSPS) is 18.5. The Balaban J connectivity index is 2.85. The highest BCUT2D eigenvalue weighted by atomic mass is 16.4. The number of carboxylic acids is 2. The molecule has 174 valence electrons. The molecule has 0 bridgehead atoms. The number of carbonyl (C=O) groups is 6. The summed E-state index contributed by atoms with van der Waals surface area (Å²) in [5, 5.41) is 32.0. The Morgan fingerprint density at radius 3 is 2.16 bits per heavy atom. The summed E-state index contributed by atoms with van der Waals surface area (Å²) >= 11 is 0. The lowest BCUT2D eigenvalue weighted by Gasteiger charge is -2.28. The first-order valence-corrected chi connectivity index (χ1v) is 9.48. The van der Waals surface area contributed by atoms with E-state index in [2.05, 4.69) is 10.6 Å². The molecule has 1 heterocycles. The number of nitrogens with two attached hydrogens (primary N) is 2. The molecule has 1 rings (SSSR count). The molecule has 4 unspecified atom stereocenters. The van der Waals surface area contributed by atoms with Gasteiger partial charge in [-0.3, -0.25) is 24.0 Å². The largest absolute Gasteiger partial charge is 0.481 e. The van der Waals surface area contributed by atoms with Crippen molar-refractivity contribution in [3.05, 3.63) is 0 Å². The fourth-order valence-electron chi connectivity index (χ4n) is 3.04. The summed E-state index contributed by atoms with van der Waals surface area (Å²) in [5.41, 5.74) is 10.6. The first kappa shape index (κ1) is 25.8. The Bertz CT molecular complexity index is 729. The molecule has 0 aromatic rings. The van der Waals surface area contributed by atoms with Gasteiger partial charge in [-0.05, 0) is 19.3 Å². The van der Waals surface area contributed by atoms with Crippen LogP contribution in [0.4, 0.5) is 0 Å². The predicted octanol–water partition coefficient (Wildman–Crippen LogP) is -3.91. The Labute approximate surface area is 176 Å². The molecule has 1 aliphatic rings. The van der Waals surface area contributed by atoms with Crippen LogP contribution in [-0.2, 0) is 28.8 Å².